The van der Waals surface area contributed by atoms with Gasteiger partial charge >= 0.3 is 0 Å². The molecule has 152 valence electrons. The molecule has 2 aromatic heterocycles. The van der Waals surface area contributed by atoms with E-state index < -0.39 is 16.3 Å². The van der Waals surface area contributed by atoms with Crippen LogP contribution in [0, 0.1) is 10.1 Å². The maximum atomic E-state index is 12.6. The zero-order chi connectivity index (χ0) is 20.8. The summed E-state index contributed by atoms with van der Waals surface area (Å²) in [5, 5.41) is 14.0. The van der Waals surface area contributed by atoms with Crippen LogP contribution in [0.2, 0.25) is 0 Å². The molecule has 29 heavy (non-hydrogen) atoms. The minimum atomic E-state index is -0.636. The number of aromatic nitrogens is 2. The van der Waals surface area contributed by atoms with Crippen LogP contribution in [-0.4, -0.2) is 46.7 Å². The first-order chi connectivity index (χ1) is 14.0. The first-order valence-electron chi connectivity index (χ1n) is 8.61. The minimum absolute atomic E-state index is 0.0593. The van der Waals surface area contributed by atoms with Gasteiger partial charge in [0.1, 0.15) is 5.56 Å². The number of nitrogens with zero attached hydrogens (tertiary/aromatic N) is 3. The van der Waals surface area contributed by atoms with Crippen molar-refractivity contribution in [2.24, 2.45) is 0 Å². The molecule has 0 bridgehead atoms. The molecule has 0 aliphatic carbocycles. The quantitative estimate of drug-likeness (QED) is 0.321. The predicted molar refractivity (Wildman–Crippen MR) is 108 cm³/mol. The number of fused-ring (bicyclic) bond motifs is 1. The van der Waals surface area contributed by atoms with Crippen LogP contribution in [0.25, 0.3) is 10.1 Å². The molecule has 3 rings (SSSR count). The van der Waals surface area contributed by atoms with E-state index in [1.807, 2.05) is 0 Å². The van der Waals surface area contributed by atoms with Gasteiger partial charge in [0.2, 0.25) is 0 Å². The monoisotopic (exact) mass is 418 g/mol. The molecule has 11 heteroatoms. The standard InChI is InChI=1S/C18H18N4O6S/c1-27-8-9-28-7-6-21-5-4-15(23)14(11-21)18(24)19-17-13-10-12(22(25)26)2-3-16(13)29-20-17/h2-5,10-11H,6-9H2,1H3,(H,19,20,24). The highest BCUT2D eigenvalue weighted by Crippen LogP contribution is 2.30. The Hall–Kier alpha value is -3.15. The molecule has 0 unspecified atom stereocenters. The van der Waals surface area contributed by atoms with Gasteiger partial charge in [-0.25, -0.2) is 0 Å². The molecule has 3 aromatic rings. The number of anilines is 1. The lowest BCUT2D eigenvalue weighted by Crippen LogP contribution is -2.23. The lowest BCUT2D eigenvalue weighted by Gasteiger charge is -2.09. The van der Waals surface area contributed by atoms with Gasteiger partial charge in [-0.05, 0) is 17.6 Å². The first kappa shape index (κ1) is 20.6. The average molecular weight is 418 g/mol. The molecule has 0 atom stereocenters. The van der Waals surface area contributed by atoms with E-state index in [0.717, 1.165) is 11.5 Å². The van der Waals surface area contributed by atoms with Crippen molar-refractivity contribution >= 4 is 39.0 Å². The van der Waals surface area contributed by atoms with Crippen LogP contribution in [0.5, 0.6) is 0 Å². The summed E-state index contributed by atoms with van der Waals surface area (Å²) >= 11 is 1.10. The second-order valence-electron chi connectivity index (χ2n) is 5.99. The number of carbonyl (C=O) groups excluding carboxylic acids is 1. The summed E-state index contributed by atoms with van der Waals surface area (Å²) in [5.74, 6) is -0.459. The molecule has 1 amide bonds. The van der Waals surface area contributed by atoms with Crippen molar-refractivity contribution in [2.45, 2.75) is 6.54 Å². The van der Waals surface area contributed by atoms with Gasteiger partial charge in [0.05, 0.1) is 29.4 Å². The number of carbonyl (C=O) groups is 1. The Morgan fingerprint density at radius 2 is 2.14 bits per heavy atom. The van der Waals surface area contributed by atoms with Gasteiger partial charge < -0.3 is 19.4 Å². The number of nitro groups is 1. The summed E-state index contributed by atoms with van der Waals surface area (Å²) in [5.41, 5.74) is -0.607. The topological polar surface area (TPSA) is 126 Å². The molecule has 0 aliphatic rings. The fourth-order valence-electron chi connectivity index (χ4n) is 2.55. The van der Waals surface area contributed by atoms with Gasteiger partial charge in [-0.15, -0.1) is 0 Å². The van der Waals surface area contributed by atoms with E-state index in [9.17, 15) is 19.7 Å². The number of amides is 1. The number of methoxy groups -OCH3 is 1. The highest BCUT2D eigenvalue weighted by atomic mass is 32.1. The molecule has 1 N–H and O–H groups in total. The van der Waals surface area contributed by atoms with Crippen molar-refractivity contribution in [1.82, 2.24) is 8.94 Å². The highest BCUT2D eigenvalue weighted by molar-refractivity contribution is 7.13. The summed E-state index contributed by atoms with van der Waals surface area (Å²) < 4.78 is 16.8. The minimum Gasteiger partial charge on any atom is -0.382 e. The number of hydrogen-bond donors (Lipinski definition) is 1. The molecule has 0 radical (unpaired) electrons. The largest absolute Gasteiger partial charge is 0.382 e. The van der Waals surface area contributed by atoms with E-state index in [1.54, 1.807) is 23.9 Å². The van der Waals surface area contributed by atoms with Gasteiger partial charge in [0.15, 0.2) is 11.2 Å². The highest BCUT2D eigenvalue weighted by Gasteiger charge is 2.17. The van der Waals surface area contributed by atoms with Crippen LogP contribution in [0.15, 0.2) is 41.5 Å². The second kappa shape index (κ2) is 9.37. The SMILES string of the molecule is COCCOCCn1ccc(=O)c(C(=O)Nc2nsc3ccc([N+](=O)[O-])cc23)c1. The van der Waals surface area contributed by atoms with Crippen LogP contribution in [0.1, 0.15) is 10.4 Å². The van der Waals surface area contributed by atoms with E-state index in [0.29, 0.717) is 36.5 Å². The summed E-state index contributed by atoms with van der Waals surface area (Å²) in [6.45, 7) is 1.79. The molecule has 10 nitrogen and oxygen atoms in total. The number of benzene rings is 1. The lowest BCUT2D eigenvalue weighted by atomic mass is 10.2. The van der Waals surface area contributed by atoms with Crippen molar-refractivity contribution in [3.8, 4) is 0 Å². The van der Waals surface area contributed by atoms with Crippen LogP contribution >= 0.6 is 11.5 Å². The summed E-state index contributed by atoms with van der Waals surface area (Å²) in [6.07, 6.45) is 3.01. The van der Waals surface area contributed by atoms with Crippen molar-refractivity contribution in [1.29, 1.82) is 0 Å². The smallest absolute Gasteiger partial charge is 0.270 e. The zero-order valence-electron chi connectivity index (χ0n) is 15.5. The van der Waals surface area contributed by atoms with Gasteiger partial charge in [0.25, 0.3) is 11.6 Å². The third kappa shape index (κ3) is 5.02. The Balaban J connectivity index is 1.76. The van der Waals surface area contributed by atoms with Crippen molar-refractivity contribution in [2.75, 3.05) is 32.2 Å². The lowest BCUT2D eigenvalue weighted by molar-refractivity contribution is -0.384. The van der Waals surface area contributed by atoms with Crippen molar-refractivity contribution in [3.05, 3.63) is 62.6 Å². The number of nitro benzene ring substituents is 1. The van der Waals surface area contributed by atoms with Crippen LogP contribution < -0.4 is 10.7 Å². The molecule has 2 heterocycles. The fraction of sp³-hybridized carbons (Fsp3) is 0.278. The summed E-state index contributed by atoms with van der Waals surface area (Å²) in [4.78, 5) is 35.2. The number of rotatable bonds is 9. The third-order valence-electron chi connectivity index (χ3n) is 4.04. The molecule has 0 fully saturated rings. The Bertz CT molecular complexity index is 1090. The normalized spacial score (nSPS) is 10.9. The molecular formula is C18H18N4O6S. The zero-order valence-corrected chi connectivity index (χ0v) is 16.3. The van der Waals surface area contributed by atoms with E-state index >= 15 is 0 Å². The number of ether oxygens (including phenoxy) is 2. The Morgan fingerprint density at radius 1 is 1.31 bits per heavy atom. The molecule has 0 aliphatic heterocycles. The molecule has 0 saturated carbocycles. The number of nitrogens with one attached hydrogen (secondary N) is 1. The third-order valence-corrected chi connectivity index (χ3v) is 4.87. The molecule has 1 aromatic carbocycles. The van der Waals surface area contributed by atoms with E-state index in [-0.39, 0.29) is 17.1 Å². The summed E-state index contributed by atoms with van der Waals surface area (Å²) in [7, 11) is 1.58. The predicted octanol–water partition coefficient (Wildman–Crippen LogP) is 2.28. The Kier molecular flexibility index (Phi) is 6.65. The molecule has 0 saturated heterocycles. The van der Waals surface area contributed by atoms with E-state index in [4.69, 9.17) is 9.47 Å². The Labute approximate surface area is 169 Å². The van der Waals surface area contributed by atoms with Gasteiger partial charge in [0, 0.05) is 49.6 Å². The van der Waals surface area contributed by atoms with Crippen LogP contribution in [0.3, 0.4) is 0 Å². The Morgan fingerprint density at radius 3 is 2.90 bits per heavy atom. The molecule has 0 spiro atoms. The van der Waals surface area contributed by atoms with Gasteiger partial charge in [-0.1, -0.05) is 0 Å². The van der Waals surface area contributed by atoms with Crippen LogP contribution in [0.4, 0.5) is 11.5 Å². The number of non-ortho nitro benzene ring substituents is 1. The second-order valence-corrected chi connectivity index (χ2v) is 6.79. The van der Waals surface area contributed by atoms with Crippen LogP contribution in [-0.2, 0) is 16.0 Å². The van der Waals surface area contributed by atoms with Crippen molar-refractivity contribution < 1.29 is 19.2 Å². The summed E-state index contributed by atoms with van der Waals surface area (Å²) in [6, 6.07) is 5.58. The number of hydrogen-bond acceptors (Lipinski definition) is 8. The van der Waals surface area contributed by atoms with Gasteiger partial charge in [-0.2, -0.15) is 4.37 Å². The number of pyridine rings is 1. The van der Waals surface area contributed by atoms with Gasteiger partial charge in [-0.3, -0.25) is 19.7 Å². The maximum absolute atomic E-state index is 12.6. The first-order valence-corrected chi connectivity index (χ1v) is 9.39. The average Bonchev–Trinajstić information content (AvgIpc) is 3.11. The van der Waals surface area contributed by atoms with Crippen molar-refractivity contribution in [3.63, 3.8) is 0 Å². The molecular weight excluding hydrogens is 400 g/mol. The fourth-order valence-corrected chi connectivity index (χ4v) is 3.27. The van der Waals surface area contributed by atoms with E-state index in [2.05, 4.69) is 9.69 Å². The van der Waals surface area contributed by atoms with E-state index in [1.165, 1.54) is 24.4 Å². The maximum Gasteiger partial charge on any atom is 0.270 e.